The topological polar surface area (TPSA) is 100 Å². The zero-order chi connectivity index (χ0) is 22.5. The minimum Gasteiger partial charge on any atom is -0.481 e. The first-order valence-corrected chi connectivity index (χ1v) is 10.9. The second kappa shape index (κ2) is 9.91. The Morgan fingerprint density at radius 2 is 2.16 bits per heavy atom. The van der Waals surface area contributed by atoms with Crippen LogP contribution in [0.5, 0.6) is 0 Å². The van der Waals surface area contributed by atoms with Crippen LogP contribution >= 0.6 is 0 Å². The number of imidazole rings is 1. The van der Waals surface area contributed by atoms with Crippen LogP contribution in [0.1, 0.15) is 53.8 Å². The highest BCUT2D eigenvalue weighted by molar-refractivity contribution is 5.68. The molecule has 1 aromatic carbocycles. The Bertz CT molecular complexity index is 1080. The van der Waals surface area contributed by atoms with Crippen molar-refractivity contribution in [2.24, 2.45) is 0 Å². The van der Waals surface area contributed by atoms with Crippen molar-refractivity contribution in [1.29, 1.82) is 0 Å². The second-order valence-electron chi connectivity index (χ2n) is 8.24. The minimum absolute atomic E-state index is 0.103. The van der Waals surface area contributed by atoms with Crippen molar-refractivity contribution in [3.63, 3.8) is 0 Å². The molecule has 4 rings (SSSR count). The molecule has 2 aromatic heterocycles. The van der Waals surface area contributed by atoms with Crippen LogP contribution in [-0.2, 0) is 24.2 Å². The monoisotopic (exact) mass is 438 g/mol. The number of aliphatic hydroxyl groups excluding tert-OH is 1. The van der Waals surface area contributed by atoms with Gasteiger partial charge in [0.1, 0.15) is 11.6 Å². The van der Waals surface area contributed by atoms with Crippen LogP contribution in [0.25, 0.3) is 0 Å². The Hall–Kier alpha value is -3.26. The number of rotatable bonds is 9. The molecule has 0 spiro atoms. The molecule has 7 nitrogen and oxygen atoms in total. The fourth-order valence-corrected chi connectivity index (χ4v) is 4.11. The van der Waals surface area contributed by atoms with Crippen molar-refractivity contribution < 1.29 is 19.4 Å². The van der Waals surface area contributed by atoms with Crippen LogP contribution in [0, 0.1) is 5.82 Å². The van der Waals surface area contributed by atoms with Gasteiger partial charge in [0.25, 0.3) is 0 Å². The van der Waals surface area contributed by atoms with Crippen LogP contribution in [0.15, 0.2) is 48.9 Å². The number of aliphatic hydroxyl groups is 1. The van der Waals surface area contributed by atoms with Crippen LogP contribution in [0.3, 0.4) is 0 Å². The lowest BCUT2D eigenvalue weighted by Crippen LogP contribution is -2.15. The molecule has 1 aliphatic heterocycles. The van der Waals surface area contributed by atoms with Gasteiger partial charge in [-0.25, -0.2) is 14.4 Å². The lowest BCUT2D eigenvalue weighted by atomic mass is 9.95. The van der Waals surface area contributed by atoms with Crippen LogP contribution < -0.4 is 5.32 Å². The third kappa shape index (κ3) is 5.50. The molecule has 0 amide bonds. The first-order chi connectivity index (χ1) is 15.5. The molecule has 3 N–H and O–H groups in total. The average Bonchev–Trinajstić information content (AvgIpc) is 3.23. The van der Waals surface area contributed by atoms with Crippen molar-refractivity contribution in [2.75, 3.05) is 11.9 Å². The molecule has 3 heterocycles. The maximum atomic E-state index is 13.6. The number of nitrogens with one attached hydrogen (secondary N) is 1. The Kier molecular flexibility index (Phi) is 6.80. The van der Waals surface area contributed by atoms with E-state index >= 15 is 0 Å². The van der Waals surface area contributed by atoms with Gasteiger partial charge in [-0.05, 0) is 55.0 Å². The first-order valence-electron chi connectivity index (χ1n) is 10.9. The number of carbonyl (C=O) groups is 1. The molecule has 1 aliphatic rings. The quantitative estimate of drug-likeness (QED) is 0.471. The lowest BCUT2D eigenvalue weighted by molar-refractivity contribution is -0.137. The van der Waals surface area contributed by atoms with E-state index < -0.39 is 12.1 Å². The van der Waals surface area contributed by atoms with Gasteiger partial charge in [-0.1, -0.05) is 18.2 Å². The number of carboxylic acid groups (broad SMARTS) is 1. The number of fused-ring (bicyclic) bond motifs is 1. The number of aliphatic carboxylic acids is 1. The van der Waals surface area contributed by atoms with E-state index in [-0.39, 0.29) is 18.2 Å². The standard InChI is InChI=1S/C24H27FN4O3/c25-19-5-1-3-17(11-19)18(12-23(31)32)13-29-14-20(27-15-29)7-9-22(30)21-8-6-16-4-2-10-26-24(16)28-21/h1,3,5-6,8,11,14-15,18,22,30H,2,4,7,9-10,12-13H2,(H,26,28)(H,31,32). The summed E-state index contributed by atoms with van der Waals surface area (Å²) in [6, 6.07) is 9.95. The zero-order valence-corrected chi connectivity index (χ0v) is 17.7. The average molecular weight is 439 g/mol. The summed E-state index contributed by atoms with van der Waals surface area (Å²) in [6.45, 7) is 1.28. The second-order valence-corrected chi connectivity index (χ2v) is 8.24. The molecule has 3 aromatic rings. The molecule has 0 fully saturated rings. The summed E-state index contributed by atoms with van der Waals surface area (Å²) in [5.41, 5.74) is 3.27. The number of nitrogens with zero attached hydrogens (tertiary/aromatic N) is 3. The van der Waals surface area contributed by atoms with Crippen molar-refractivity contribution in [1.82, 2.24) is 14.5 Å². The maximum Gasteiger partial charge on any atom is 0.304 e. The summed E-state index contributed by atoms with van der Waals surface area (Å²) in [5, 5.41) is 23.1. The van der Waals surface area contributed by atoms with E-state index in [1.807, 2.05) is 22.9 Å². The van der Waals surface area contributed by atoms with E-state index in [0.29, 0.717) is 30.6 Å². The van der Waals surface area contributed by atoms with E-state index in [4.69, 9.17) is 0 Å². The lowest BCUT2D eigenvalue weighted by Gasteiger charge is -2.19. The molecular formula is C24H27FN4O3. The zero-order valence-electron chi connectivity index (χ0n) is 17.7. The number of halogens is 1. The fraction of sp³-hybridized carbons (Fsp3) is 0.375. The first kappa shape index (κ1) is 22.0. The maximum absolute atomic E-state index is 13.6. The number of aryl methyl sites for hydroxylation is 2. The number of hydrogen-bond acceptors (Lipinski definition) is 5. The smallest absolute Gasteiger partial charge is 0.304 e. The van der Waals surface area contributed by atoms with E-state index in [1.54, 1.807) is 18.5 Å². The molecule has 2 unspecified atom stereocenters. The number of aromatic nitrogens is 3. The molecule has 0 saturated heterocycles. The predicted molar refractivity (Wildman–Crippen MR) is 118 cm³/mol. The molecule has 8 heteroatoms. The van der Waals surface area contributed by atoms with Gasteiger partial charge >= 0.3 is 5.97 Å². The predicted octanol–water partition coefficient (Wildman–Crippen LogP) is 3.70. The van der Waals surface area contributed by atoms with Crippen molar-refractivity contribution >= 4 is 11.8 Å². The third-order valence-corrected chi connectivity index (χ3v) is 5.79. The molecule has 32 heavy (non-hydrogen) atoms. The molecule has 168 valence electrons. The number of pyridine rings is 1. The largest absolute Gasteiger partial charge is 0.481 e. The number of carboxylic acids is 1. The van der Waals surface area contributed by atoms with Gasteiger partial charge in [0.15, 0.2) is 0 Å². The number of benzene rings is 1. The number of hydrogen-bond donors (Lipinski definition) is 3. The Morgan fingerprint density at radius 1 is 1.28 bits per heavy atom. The molecule has 0 aliphatic carbocycles. The molecule has 0 saturated carbocycles. The van der Waals surface area contributed by atoms with Gasteiger partial charge < -0.3 is 20.1 Å². The van der Waals surface area contributed by atoms with Crippen molar-refractivity contribution in [2.45, 2.75) is 50.7 Å². The summed E-state index contributed by atoms with van der Waals surface area (Å²) in [4.78, 5) is 20.3. The van der Waals surface area contributed by atoms with E-state index in [0.717, 1.165) is 30.9 Å². The van der Waals surface area contributed by atoms with Gasteiger partial charge in [-0.15, -0.1) is 0 Å². The summed E-state index contributed by atoms with van der Waals surface area (Å²) in [7, 11) is 0. The van der Waals surface area contributed by atoms with Crippen molar-refractivity contribution in [3.8, 4) is 0 Å². The molecule has 0 radical (unpaired) electrons. The number of anilines is 1. The summed E-state index contributed by atoms with van der Waals surface area (Å²) in [6.07, 6.45) is 5.83. The molecule has 0 bridgehead atoms. The van der Waals surface area contributed by atoms with Crippen LogP contribution in [0.4, 0.5) is 10.2 Å². The fourth-order valence-electron chi connectivity index (χ4n) is 4.11. The van der Waals surface area contributed by atoms with Crippen LogP contribution in [0.2, 0.25) is 0 Å². The Balaban J connectivity index is 1.38. The van der Waals surface area contributed by atoms with E-state index in [1.165, 1.54) is 17.7 Å². The summed E-state index contributed by atoms with van der Waals surface area (Å²) in [5.74, 6) is -0.833. The highest BCUT2D eigenvalue weighted by Crippen LogP contribution is 2.25. The highest BCUT2D eigenvalue weighted by Gasteiger charge is 2.18. The highest BCUT2D eigenvalue weighted by atomic mass is 19.1. The van der Waals surface area contributed by atoms with Gasteiger partial charge in [0, 0.05) is 25.2 Å². The SMILES string of the molecule is O=C(O)CC(Cn1cnc(CCC(O)c2ccc3c(n2)NCCC3)c1)c1cccc(F)c1. The summed E-state index contributed by atoms with van der Waals surface area (Å²) < 4.78 is 15.4. The van der Waals surface area contributed by atoms with Gasteiger partial charge in [0.2, 0.25) is 0 Å². The Labute approximate surface area is 186 Å². The summed E-state index contributed by atoms with van der Waals surface area (Å²) >= 11 is 0. The molecule has 2 atom stereocenters. The van der Waals surface area contributed by atoms with Crippen LogP contribution in [-0.4, -0.2) is 37.3 Å². The van der Waals surface area contributed by atoms with Crippen molar-refractivity contribution in [3.05, 3.63) is 77.3 Å². The van der Waals surface area contributed by atoms with E-state index in [9.17, 15) is 19.4 Å². The van der Waals surface area contributed by atoms with Gasteiger partial charge in [-0.2, -0.15) is 0 Å². The molecular weight excluding hydrogens is 411 g/mol. The minimum atomic E-state index is -0.935. The Morgan fingerprint density at radius 3 is 2.97 bits per heavy atom. The van der Waals surface area contributed by atoms with Gasteiger partial charge in [-0.3, -0.25) is 4.79 Å². The van der Waals surface area contributed by atoms with E-state index in [2.05, 4.69) is 15.3 Å². The normalized spacial score (nSPS) is 14.9. The van der Waals surface area contributed by atoms with Gasteiger partial charge in [0.05, 0.1) is 30.2 Å². The third-order valence-electron chi connectivity index (χ3n) is 5.79.